The lowest BCUT2D eigenvalue weighted by molar-refractivity contribution is 0.0990. The maximum atomic E-state index is 12.3. The van der Waals surface area contributed by atoms with Crippen LogP contribution < -0.4 is 5.32 Å². The van der Waals surface area contributed by atoms with Gasteiger partial charge in [0.05, 0.1) is 6.54 Å². The molecule has 1 heterocycles. The first-order chi connectivity index (χ1) is 9.34. The number of aromatic nitrogens is 1. The Morgan fingerprint density at radius 1 is 1.35 bits per heavy atom. The van der Waals surface area contributed by atoms with Crippen LogP contribution in [0.25, 0.3) is 0 Å². The summed E-state index contributed by atoms with van der Waals surface area (Å²) in [5.41, 5.74) is 3.10. The molecule has 114 valence electrons. The fourth-order valence-electron chi connectivity index (χ4n) is 2.67. The molecule has 0 unspecified atom stereocenters. The summed E-state index contributed by atoms with van der Waals surface area (Å²) in [5.74, 6) is 0.190. The van der Waals surface area contributed by atoms with Crippen molar-refractivity contribution in [1.82, 2.24) is 14.8 Å². The standard InChI is InChI=1S/C16H29N3O/c1-12(2)19-13(3)10-15(14(19)4)16(20)11-17-8-7-9-18(5)6/h10,12,17H,7-9,11H2,1-6H3. The number of hydrogen-bond acceptors (Lipinski definition) is 3. The second kappa shape index (κ2) is 7.60. The molecule has 0 atom stereocenters. The first-order valence-electron chi connectivity index (χ1n) is 7.41. The van der Waals surface area contributed by atoms with Crippen LogP contribution in [0.15, 0.2) is 6.07 Å². The van der Waals surface area contributed by atoms with E-state index < -0.39 is 0 Å². The molecule has 4 heteroatoms. The van der Waals surface area contributed by atoms with Crippen molar-refractivity contribution in [2.24, 2.45) is 0 Å². The monoisotopic (exact) mass is 279 g/mol. The largest absolute Gasteiger partial charge is 0.346 e. The molecule has 20 heavy (non-hydrogen) atoms. The van der Waals surface area contributed by atoms with Gasteiger partial charge in [0.15, 0.2) is 5.78 Å². The van der Waals surface area contributed by atoms with Crippen LogP contribution in [0.5, 0.6) is 0 Å². The van der Waals surface area contributed by atoms with Crippen molar-refractivity contribution in [2.45, 2.75) is 40.2 Å². The average molecular weight is 279 g/mol. The molecule has 1 rings (SSSR count). The number of hydrogen-bond donors (Lipinski definition) is 1. The summed E-state index contributed by atoms with van der Waals surface area (Å²) >= 11 is 0. The van der Waals surface area contributed by atoms with Gasteiger partial charge < -0.3 is 14.8 Å². The van der Waals surface area contributed by atoms with E-state index in [1.807, 2.05) is 13.0 Å². The predicted octanol–water partition coefficient (Wildman–Crippen LogP) is 2.41. The van der Waals surface area contributed by atoms with Crippen LogP contribution in [0.2, 0.25) is 0 Å². The lowest BCUT2D eigenvalue weighted by atomic mass is 10.1. The van der Waals surface area contributed by atoms with Crippen molar-refractivity contribution < 1.29 is 4.79 Å². The van der Waals surface area contributed by atoms with Gasteiger partial charge in [-0.2, -0.15) is 0 Å². The van der Waals surface area contributed by atoms with Crippen molar-refractivity contribution in [2.75, 3.05) is 33.7 Å². The molecule has 0 radical (unpaired) electrons. The van der Waals surface area contributed by atoms with Gasteiger partial charge in [-0.3, -0.25) is 4.79 Å². The van der Waals surface area contributed by atoms with Crippen LogP contribution in [-0.2, 0) is 0 Å². The quantitative estimate of drug-likeness (QED) is 0.586. The van der Waals surface area contributed by atoms with Gasteiger partial charge in [-0.15, -0.1) is 0 Å². The highest BCUT2D eigenvalue weighted by atomic mass is 16.1. The lowest BCUT2D eigenvalue weighted by Gasteiger charge is -2.13. The van der Waals surface area contributed by atoms with Gasteiger partial charge in [0.2, 0.25) is 0 Å². The second-order valence-corrected chi connectivity index (χ2v) is 6.01. The summed E-state index contributed by atoms with van der Waals surface area (Å²) < 4.78 is 2.22. The topological polar surface area (TPSA) is 37.3 Å². The molecule has 0 spiro atoms. The van der Waals surface area contributed by atoms with E-state index >= 15 is 0 Å². The zero-order chi connectivity index (χ0) is 15.3. The highest BCUT2D eigenvalue weighted by Crippen LogP contribution is 2.20. The third kappa shape index (κ3) is 4.46. The minimum Gasteiger partial charge on any atom is -0.346 e. The summed E-state index contributed by atoms with van der Waals surface area (Å²) in [7, 11) is 4.12. The number of nitrogens with one attached hydrogen (secondary N) is 1. The summed E-state index contributed by atoms with van der Waals surface area (Å²) in [6, 6.07) is 2.41. The van der Waals surface area contributed by atoms with Crippen molar-refractivity contribution in [1.29, 1.82) is 0 Å². The van der Waals surface area contributed by atoms with E-state index in [0.717, 1.165) is 36.5 Å². The van der Waals surface area contributed by atoms with Crippen LogP contribution in [-0.4, -0.2) is 49.0 Å². The average Bonchev–Trinajstić information content (AvgIpc) is 2.63. The smallest absolute Gasteiger partial charge is 0.178 e. The third-order valence-corrected chi connectivity index (χ3v) is 3.55. The number of aryl methyl sites for hydroxylation is 1. The summed E-state index contributed by atoms with van der Waals surface area (Å²) in [6.07, 6.45) is 1.06. The Kier molecular flexibility index (Phi) is 6.43. The Bertz CT molecular complexity index is 447. The number of carbonyl (C=O) groups excluding carboxylic acids is 1. The maximum Gasteiger partial charge on any atom is 0.178 e. The number of ketones is 1. The molecular formula is C16H29N3O. The Morgan fingerprint density at radius 3 is 2.50 bits per heavy atom. The lowest BCUT2D eigenvalue weighted by Crippen LogP contribution is -2.26. The third-order valence-electron chi connectivity index (χ3n) is 3.55. The normalized spacial score (nSPS) is 11.6. The van der Waals surface area contributed by atoms with E-state index in [4.69, 9.17) is 0 Å². The van der Waals surface area contributed by atoms with E-state index in [-0.39, 0.29) is 5.78 Å². The first kappa shape index (κ1) is 16.9. The summed E-state index contributed by atoms with van der Waals surface area (Å²) in [5, 5.41) is 3.24. The Hall–Kier alpha value is -1.13. The Labute approximate surface area is 123 Å². The van der Waals surface area contributed by atoms with Gasteiger partial charge in [-0.25, -0.2) is 0 Å². The molecular weight excluding hydrogens is 250 g/mol. The van der Waals surface area contributed by atoms with Gasteiger partial charge in [0.25, 0.3) is 0 Å². The van der Waals surface area contributed by atoms with Crippen LogP contribution in [0.3, 0.4) is 0 Å². The van der Waals surface area contributed by atoms with Crippen molar-refractivity contribution in [3.05, 3.63) is 23.0 Å². The van der Waals surface area contributed by atoms with Crippen LogP contribution >= 0.6 is 0 Å². The van der Waals surface area contributed by atoms with E-state index in [1.54, 1.807) is 0 Å². The molecule has 0 saturated carbocycles. The minimum absolute atomic E-state index is 0.190. The molecule has 1 aromatic heterocycles. The molecule has 0 aliphatic heterocycles. The molecule has 0 aromatic carbocycles. The zero-order valence-electron chi connectivity index (χ0n) is 13.8. The second-order valence-electron chi connectivity index (χ2n) is 6.01. The van der Waals surface area contributed by atoms with E-state index in [2.05, 4.69) is 49.7 Å². The SMILES string of the molecule is Cc1cc(C(=O)CNCCCN(C)C)c(C)n1C(C)C. The minimum atomic E-state index is 0.190. The molecule has 0 amide bonds. The van der Waals surface area contributed by atoms with Gasteiger partial charge >= 0.3 is 0 Å². The van der Waals surface area contributed by atoms with Crippen molar-refractivity contribution >= 4 is 5.78 Å². The van der Waals surface area contributed by atoms with E-state index in [9.17, 15) is 4.79 Å². The summed E-state index contributed by atoms with van der Waals surface area (Å²) in [4.78, 5) is 14.4. The molecule has 0 aliphatic rings. The summed E-state index contributed by atoms with van der Waals surface area (Å²) in [6.45, 7) is 10.7. The molecule has 0 bridgehead atoms. The van der Waals surface area contributed by atoms with Crippen LogP contribution in [0.4, 0.5) is 0 Å². The molecule has 0 aliphatic carbocycles. The Balaban J connectivity index is 2.54. The molecule has 0 saturated heterocycles. The van der Waals surface area contributed by atoms with Crippen molar-refractivity contribution in [3.8, 4) is 0 Å². The van der Waals surface area contributed by atoms with Crippen LogP contribution in [0, 0.1) is 13.8 Å². The fraction of sp³-hybridized carbons (Fsp3) is 0.688. The molecule has 0 fully saturated rings. The van der Waals surface area contributed by atoms with Gasteiger partial charge in [0.1, 0.15) is 0 Å². The van der Waals surface area contributed by atoms with Crippen molar-refractivity contribution in [3.63, 3.8) is 0 Å². The van der Waals surface area contributed by atoms with E-state index in [0.29, 0.717) is 12.6 Å². The number of nitrogens with zero attached hydrogens (tertiary/aromatic N) is 2. The highest BCUT2D eigenvalue weighted by Gasteiger charge is 2.16. The predicted molar refractivity (Wildman–Crippen MR) is 84.7 cm³/mol. The van der Waals surface area contributed by atoms with Gasteiger partial charge in [-0.1, -0.05) is 0 Å². The number of carbonyl (C=O) groups is 1. The zero-order valence-corrected chi connectivity index (χ0v) is 13.8. The van der Waals surface area contributed by atoms with Gasteiger partial charge in [-0.05, 0) is 67.4 Å². The van der Waals surface area contributed by atoms with E-state index in [1.165, 1.54) is 0 Å². The van der Waals surface area contributed by atoms with Crippen LogP contribution in [0.1, 0.15) is 48.1 Å². The molecule has 4 nitrogen and oxygen atoms in total. The van der Waals surface area contributed by atoms with Gasteiger partial charge in [0, 0.05) is 23.0 Å². The number of rotatable bonds is 8. The Morgan fingerprint density at radius 2 is 2.00 bits per heavy atom. The maximum absolute atomic E-state index is 12.3. The molecule has 1 aromatic rings. The first-order valence-corrected chi connectivity index (χ1v) is 7.41. The fourth-order valence-corrected chi connectivity index (χ4v) is 2.67. The molecule has 1 N–H and O–H groups in total. The highest BCUT2D eigenvalue weighted by molar-refractivity contribution is 5.99. The number of Topliss-reactive ketones (excluding diaryl/α,β-unsaturated/α-hetero) is 1.